The summed E-state index contributed by atoms with van der Waals surface area (Å²) in [5, 5.41) is 31.2. The molecule has 0 spiro atoms. The number of aromatic nitrogens is 3. The highest BCUT2D eigenvalue weighted by molar-refractivity contribution is 8.05. The first-order valence-electron chi connectivity index (χ1n) is 9.36. The zero-order chi connectivity index (χ0) is 21.9. The average Bonchev–Trinajstić information content (AvgIpc) is 3.14. The van der Waals surface area contributed by atoms with Crippen LogP contribution in [0, 0.1) is 5.41 Å². The number of hydrogen-bond donors (Lipinski definition) is 3. The lowest BCUT2D eigenvalue weighted by atomic mass is 9.85. The molecular weight excluding hydrogens is 382 g/mol. The van der Waals surface area contributed by atoms with Crippen molar-refractivity contribution in [3.05, 3.63) is 82.3 Å². The smallest absolute Gasteiger partial charge is 0.118 e. The van der Waals surface area contributed by atoms with Crippen LogP contribution in [0.1, 0.15) is 51.9 Å². The normalized spacial score (nSPS) is 15.3. The van der Waals surface area contributed by atoms with Crippen molar-refractivity contribution in [2.45, 2.75) is 40.5 Å². The number of allylic oxidation sites excluding steroid dienone is 8. The summed E-state index contributed by atoms with van der Waals surface area (Å²) in [6.45, 7) is 15.3. The van der Waals surface area contributed by atoms with Crippen molar-refractivity contribution >= 4 is 23.9 Å². The number of aromatic amines is 1. The highest BCUT2D eigenvalue weighted by atomic mass is 32.2. The van der Waals surface area contributed by atoms with Gasteiger partial charge >= 0.3 is 0 Å². The minimum atomic E-state index is -0.0369. The second-order valence-corrected chi connectivity index (χ2v) is 8.30. The van der Waals surface area contributed by atoms with E-state index in [4.69, 9.17) is 0 Å². The fourth-order valence-electron chi connectivity index (χ4n) is 2.41. The van der Waals surface area contributed by atoms with Gasteiger partial charge in [0.05, 0.1) is 5.76 Å². The van der Waals surface area contributed by atoms with Crippen molar-refractivity contribution in [3.63, 3.8) is 0 Å². The van der Waals surface area contributed by atoms with Crippen molar-refractivity contribution in [3.8, 4) is 0 Å². The van der Waals surface area contributed by atoms with E-state index in [9.17, 15) is 10.2 Å². The van der Waals surface area contributed by atoms with Gasteiger partial charge in [-0.3, -0.25) is 0 Å². The minimum Gasteiger partial charge on any atom is -0.512 e. The summed E-state index contributed by atoms with van der Waals surface area (Å²) in [6.07, 6.45) is 14.1. The summed E-state index contributed by atoms with van der Waals surface area (Å²) in [7, 11) is 0. The Kier molecular flexibility index (Phi) is 10.0. The van der Waals surface area contributed by atoms with Crippen LogP contribution in [0.5, 0.6) is 0 Å². The van der Waals surface area contributed by atoms with Crippen LogP contribution in [-0.4, -0.2) is 25.6 Å². The predicted molar refractivity (Wildman–Crippen MR) is 125 cm³/mol. The largest absolute Gasteiger partial charge is 0.512 e. The van der Waals surface area contributed by atoms with Gasteiger partial charge in [0.15, 0.2) is 0 Å². The maximum Gasteiger partial charge on any atom is 0.118 e. The molecule has 5 nitrogen and oxygen atoms in total. The zero-order valence-corrected chi connectivity index (χ0v) is 18.5. The summed E-state index contributed by atoms with van der Waals surface area (Å²) in [4.78, 5) is 1.22. The van der Waals surface area contributed by atoms with E-state index in [0.717, 1.165) is 23.4 Å². The molecule has 0 bridgehead atoms. The number of nitrogens with one attached hydrogen (secondary N) is 1. The molecule has 0 aromatic carbocycles. The Balaban J connectivity index is 0.000000311. The lowest BCUT2D eigenvalue weighted by Crippen LogP contribution is -2.09. The van der Waals surface area contributed by atoms with Crippen LogP contribution in [0.15, 0.2) is 70.9 Å². The van der Waals surface area contributed by atoms with E-state index in [1.165, 1.54) is 11.0 Å². The molecule has 1 aliphatic rings. The van der Waals surface area contributed by atoms with Crippen molar-refractivity contribution in [2.24, 2.45) is 5.41 Å². The third-order valence-corrected chi connectivity index (χ3v) is 4.86. The van der Waals surface area contributed by atoms with Gasteiger partial charge in [-0.1, -0.05) is 46.1 Å². The molecule has 0 atom stereocenters. The maximum atomic E-state index is 9.49. The number of hydrogen-bond acceptors (Lipinski definition) is 5. The van der Waals surface area contributed by atoms with Gasteiger partial charge in [-0.2, -0.15) is 15.4 Å². The van der Waals surface area contributed by atoms with Crippen LogP contribution in [0.4, 0.5) is 0 Å². The summed E-state index contributed by atoms with van der Waals surface area (Å²) in [5.41, 5.74) is 2.41. The van der Waals surface area contributed by atoms with Gasteiger partial charge in [0.2, 0.25) is 0 Å². The van der Waals surface area contributed by atoms with Crippen LogP contribution in [0.3, 0.4) is 0 Å². The van der Waals surface area contributed by atoms with Crippen molar-refractivity contribution in [2.75, 3.05) is 0 Å². The molecule has 0 saturated heterocycles. The Hall–Kier alpha value is -2.73. The average molecular weight is 414 g/mol. The molecule has 0 radical (unpaired) electrons. The molecule has 0 unspecified atom stereocenters. The van der Waals surface area contributed by atoms with Gasteiger partial charge in [0.1, 0.15) is 17.1 Å². The number of rotatable bonds is 6. The van der Waals surface area contributed by atoms with E-state index in [2.05, 4.69) is 49.3 Å². The molecule has 1 aromatic heterocycles. The van der Waals surface area contributed by atoms with Gasteiger partial charge in [0, 0.05) is 6.42 Å². The third-order valence-electron chi connectivity index (χ3n) is 3.94. The molecule has 0 saturated carbocycles. The number of H-pyrrole nitrogens is 1. The summed E-state index contributed by atoms with van der Waals surface area (Å²) < 4.78 is 0. The number of nitrogens with zero attached hydrogens (tertiary/aromatic N) is 2. The van der Waals surface area contributed by atoms with Crippen LogP contribution in [0.2, 0.25) is 0 Å². The molecule has 2 rings (SSSR count). The molecule has 6 heteroatoms. The van der Waals surface area contributed by atoms with Gasteiger partial charge in [-0.05, 0) is 65.0 Å². The van der Waals surface area contributed by atoms with Crippen LogP contribution in [-0.2, 0) is 0 Å². The first-order chi connectivity index (χ1) is 13.7. The fourth-order valence-corrected chi connectivity index (χ4v) is 3.15. The number of aliphatic hydroxyl groups is 2. The van der Waals surface area contributed by atoms with Gasteiger partial charge in [0.25, 0.3) is 0 Å². The minimum absolute atomic E-state index is 0.0369. The number of thioether (sulfide) groups is 1. The summed E-state index contributed by atoms with van der Waals surface area (Å²) in [6, 6.07) is 0. The molecule has 29 heavy (non-hydrogen) atoms. The Morgan fingerprint density at radius 3 is 2.38 bits per heavy atom. The van der Waals surface area contributed by atoms with E-state index in [0.29, 0.717) is 12.2 Å². The SMILES string of the molecule is C=C/C(O)=C(\C=C\C)C(C)(C)C.C=Cc1n[nH]nc1/C=C/SC1=CC=C(O)CC1. The fraction of sp³-hybridized carbons (Fsp3) is 0.304. The topological polar surface area (TPSA) is 82.0 Å². The van der Waals surface area contributed by atoms with Crippen molar-refractivity contribution < 1.29 is 10.2 Å². The Bertz CT molecular complexity index is 850. The molecule has 156 valence electrons. The molecular formula is C23H31N3O2S. The summed E-state index contributed by atoms with van der Waals surface area (Å²) in [5.74, 6) is 0.712. The quantitative estimate of drug-likeness (QED) is 0.350. The molecule has 1 aliphatic carbocycles. The molecule has 1 aromatic rings. The van der Waals surface area contributed by atoms with E-state index >= 15 is 0 Å². The zero-order valence-electron chi connectivity index (χ0n) is 17.6. The van der Waals surface area contributed by atoms with E-state index in [1.807, 2.05) is 36.6 Å². The molecule has 0 aliphatic heterocycles. The Labute approximate surface area is 178 Å². The van der Waals surface area contributed by atoms with Crippen molar-refractivity contribution in [1.29, 1.82) is 0 Å². The standard InChI is InChI=1S/C12H13N3OS.C11H18O/c1-2-11-12(14-15-13-11)7-8-17-10-5-3-9(16)4-6-10;1-6-8-9(10(12)7-2)11(3,4)5/h2-3,5,7-8,16H,1,4,6H2,(H,13,14,15);6-8,12H,2H2,1,3-5H3/b8-7+;8-6+,10-9-. The lowest BCUT2D eigenvalue weighted by molar-refractivity contribution is 0.387. The molecule has 3 N–H and O–H groups in total. The van der Waals surface area contributed by atoms with Gasteiger partial charge < -0.3 is 10.2 Å². The molecule has 1 heterocycles. The van der Waals surface area contributed by atoms with E-state index in [1.54, 1.807) is 23.9 Å². The van der Waals surface area contributed by atoms with E-state index < -0.39 is 0 Å². The Morgan fingerprint density at radius 1 is 1.17 bits per heavy atom. The van der Waals surface area contributed by atoms with Gasteiger partial charge in [-0.15, -0.1) is 11.8 Å². The van der Waals surface area contributed by atoms with Crippen LogP contribution < -0.4 is 0 Å². The first-order valence-corrected chi connectivity index (χ1v) is 10.2. The third kappa shape index (κ3) is 8.44. The molecule has 0 fully saturated rings. The number of aliphatic hydroxyl groups excluding tert-OH is 2. The summed E-state index contributed by atoms with van der Waals surface area (Å²) >= 11 is 1.63. The van der Waals surface area contributed by atoms with Crippen molar-refractivity contribution in [1.82, 2.24) is 15.4 Å². The van der Waals surface area contributed by atoms with Crippen LogP contribution >= 0.6 is 11.8 Å². The monoisotopic (exact) mass is 413 g/mol. The lowest BCUT2D eigenvalue weighted by Gasteiger charge is -2.20. The maximum absolute atomic E-state index is 9.49. The Morgan fingerprint density at radius 2 is 1.86 bits per heavy atom. The molecule has 0 amide bonds. The van der Waals surface area contributed by atoms with E-state index in [-0.39, 0.29) is 11.2 Å². The predicted octanol–water partition coefficient (Wildman–Crippen LogP) is 6.88. The second kappa shape index (κ2) is 12.0. The van der Waals surface area contributed by atoms with Gasteiger partial charge in [-0.25, -0.2) is 0 Å². The highest BCUT2D eigenvalue weighted by Gasteiger charge is 2.17. The van der Waals surface area contributed by atoms with Crippen LogP contribution in [0.25, 0.3) is 12.2 Å². The second-order valence-electron chi connectivity index (χ2n) is 7.26. The highest BCUT2D eigenvalue weighted by Crippen LogP contribution is 2.29. The first kappa shape index (κ1) is 24.3.